The van der Waals surface area contributed by atoms with Crippen LogP contribution in [0.4, 0.5) is 0 Å². The van der Waals surface area contributed by atoms with Gasteiger partial charge in [0.25, 0.3) is 0 Å². The van der Waals surface area contributed by atoms with E-state index in [0.717, 1.165) is 10.0 Å². The van der Waals surface area contributed by atoms with Gasteiger partial charge in [0.1, 0.15) is 0 Å². The molecule has 0 saturated heterocycles. The molecule has 0 saturated carbocycles. The summed E-state index contributed by atoms with van der Waals surface area (Å²) in [6, 6.07) is 7.53. The van der Waals surface area contributed by atoms with Crippen molar-refractivity contribution in [1.29, 1.82) is 0 Å². The summed E-state index contributed by atoms with van der Waals surface area (Å²) < 4.78 is 0.927. The van der Waals surface area contributed by atoms with Crippen LogP contribution in [0.5, 0.6) is 0 Å². The van der Waals surface area contributed by atoms with Crippen LogP contribution >= 0.6 is 15.9 Å². The smallest absolute Gasteiger partial charge is 0.351 e. The highest BCUT2D eigenvalue weighted by atomic mass is 79.9. The number of carboxylic acids is 1. The molecule has 0 aromatic heterocycles. The topological polar surface area (TPSA) is 58.9 Å². The number of carboxylic acid groups (broad SMARTS) is 1. The molecule has 0 unspecified atom stereocenters. The van der Waals surface area contributed by atoms with Gasteiger partial charge in [-0.15, -0.1) is 0 Å². The molecular formula is C11H10BrNO3. The van der Waals surface area contributed by atoms with Gasteiger partial charge >= 0.3 is 5.97 Å². The van der Waals surface area contributed by atoms with Crippen molar-refractivity contribution < 1.29 is 14.7 Å². The molecular weight excluding hydrogens is 274 g/mol. The average molecular weight is 284 g/mol. The van der Waals surface area contributed by atoms with Gasteiger partial charge in [0, 0.05) is 16.5 Å². The highest BCUT2D eigenvalue weighted by Crippen LogP contribution is 2.27. The minimum atomic E-state index is -1.24. The van der Waals surface area contributed by atoms with Crippen LogP contribution in [0.2, 0.25) is 0 Å². The Bertz CT molecular complexity index is 472. The van der Waals surface area contributed by atoms with Crippen molar-refractivity contribution in [2.24, 2.45) is 5.16 Å². The van der Waals surface area contributed by atoms with Crippen LogP contribution in [0, 0.1) is 0 Å². The lowest BCUT2D eigenvalue weighted by atomic mass is 9.96. The van der Waals surface area contributed by atoms with Crippen molar-refractivity contribution >= 4 is 27.6 Å². The Morgan fingerprint density at radius 3 is 2.94 bits per heavy atom. The molecule has 16 heavy (non-hydrogen) atoms. The maximum Gasteiger partial charge on any atom is 0.351 e. The number of hydrogen-bond acceptors (Lipinski definition) is 3. The summed E-state index contributed by atoms with van der Waals surface area (Å²) in [4.78, 5) is 15.9. The SMILES string of the molecule is C[C@]1(C(=O)O)CC(c2cccc(Br)c2)=NO1. The zero-order valence-corrected chi connectivity index (χ0v) is 10.2. The standard InChI is InChI=1S/C11H10BrNO3/c1-11(10(14)15)6-9(13-16-11)7-3-2-4-8(12)5-7/h2-5H,6H2,1H3,(H,14,15)/t11-/m1/s1. The fourth-order valence-electron chi connectivity index (χ4n) is 1.48. The first kappa shape index (κ1) is 11.1. The number of oxime groups is 1. The summed E-state index contributed by atoms with van der Waals surface area (Å²) in [7, 11) is 0. The van der Waals surface area contributed by atoms with Gasteiger partial charge in [0.05, 0.1) is 5.71 Å². The summed E-state index contributed by atoms with van der Waals surface area (Å²) in [5.41, 5.74) is 0.294. The van der Waals surface area contributed by atoms with Crippen molar-refractivity contribution in [3.63, 3.8) is 0 Å². The van der Waals surface area contributed by atoms with E-state index in [2.05, 4.69) is 21.1 Å². The van der Waals surface area contributed by atoms with Crippen molar-refractivity contribution in [3.05, 3.63) is 34.3 Å². The number of nitrogens with zero attached hydrogens (tertiary/aromatic N) is 1. The fourth-order valence-corrected chi connectivity index (χ4v) is 1.88. The minimum Gasteiger partial charge on any atom is -0.478 e. The van der Waals surface area contributed by atoms with E-state index in [9.17, 15) is 4.79 Å². The molecule has 0 fully saturated rings. The van der Waals surface area contributed by atoms with Gasteiger partial charge in [-0.05, 0) is 19.1 Å². The number of hydrogen-bond donors (Lipinski definition) is 1. The van der Waals surface area contributed by atoms with Gasteiger partial charge in [0.15, 0.2) is 0 Å². The normalized spacial score (nSPS) is 23.8. The molecule has 1 heterocycles. The van der Waals surface area contributed by atoms with Crippen molar-refractivity contribution in [2.75, 3.05) is 0 Å². The van der Waals surface area contributed by atoms with E-state index in [1.165, 1.54) is 6.92 Å². The number of halogens is 1. The van der Waals surface area contributed by atoms with Crippen LogP contribution < -0.4 is 0 Å². The van der Waals surface area contributed by atoms with Crippen LogP contribution in [-0.4, -0.2) is 22.4 Å². The van der Waals surface area contributed by atoms with Crippen LogP contribution in [-0.2, 0) is 9.63 Å². The Balaban J connectivity index is 2.24. The van der Waals surface area contributed by atoms with Crippen LogP contribution in [0.3, 0.4) is 0 Å². The van der Waals surface area contributed by atoms with E-state index in [0.29, 0.717) is 5.71 Å². The molecule has 1 aromatic rings. The molecule has 1 aliphatic rings. The van der Waals surface area contributed by atoms with E-state index in [1.807, 2.05) is 24.3 Å². The van der Waals surface area contributed by atoms with Gasteiger partial charge < -0.3 is 9.94 Å². The van der Waals surface area contributed by atoms with Gasteiger partial charge in [-0.3, -0.25) is 0 Å². The molecule has 1 N–H and O–H groups in total. The molecule has 84 valence electrons. The fraction of sp³-hybridized carbons (Fsp3) is 0.273. The summed E-state index contributed by atoms with van der Waals surface area (Å²) in [5.74, 6) is -0.999. The second-order valence-corrected chi connectivity index (χ2v) is 4.77. The lowest BCUT2D eigenvalue weighted by Gasteiger charge is -2.14. The Morgan fingerprint density at radius 2 is 2.38 bits per heavy atom. The van der Waals surface area contributed by atoms with E-state index < -0.39 is 11.6 Å². The lowest BCUT2D eigenvalue weighted by Crippen LogP contribution is -2.35. The van der Waals surface area contributed by atoms with Crippen molar-refractivity contribution in [2.45, 2.75) is 18.9 Å². The molecule has 1 aliphatic heterocycles. The third kappa shape index (κ3) is 1.95. The van der Waals surface area contributed by atoms with E-state index >= 15 is 0 Å². The average Bonchev–Trinajstić information content (AvgIpc) is 2.62. The third-order valence-corrected chi connectivity index (χ3v) is 2.97. The summed E-state index contributed by atoms with van der Waals surface area (Å²) in [6.45, 7) is 1.52. The molecule has 0 radical (unpaired) electrons. The minimum absolute atomic E-state index is 0.277. The van der Waals surface area contributed by atoms with E-state index in [4.69, 9.17) is 9.94 Å². The van der Waals surface area contributed by atoms with Gasteiger partial charge in [0.2, 0.25) is 5.60 Å². The zero-order chi connectivity index (χ0) is 11.8. The third-order valence-electron chi connectivity index (χ3n) is 2.47. The molecule has 0 amide bonds. The highest BCUT2D eigenvalue weighted by molar-refractivity contribution is 9.10. The Morgan fingerprint density at radius 1 is 1.62 bits per heavy atom. The second-order valence-electron chi connectivity index (χ2n) is 3.85. The summed E-state index contributed by atoms with van der Waals surface area (Å²) >= 11 is 3.35. The van der Waals surface area contributed by atoms with E-state index in [-0.39, 0.29) is 6.42 Å². The van der Waals surface area contributed by atoms with Crippen LogP contribution in [0.1, 0.15) is 18.9 Å². The molecule has 0 bridgehead atoms. The van der Waals surface area contributed by atoms with Crippen molar-refractivity contribution in [1.82, 2.24) is 0 Å². The molecule has 0 aliphatic carbocycles. The quantitative estimate of drug-likeness (QED) is 0.907. The lowest BCUT2D eigenvalue weighted by molar-refractivity contribution is -0.160. The molecule has 1 aromatic carbocycles. The molecule has 5 heteroatoms. The Kier molecular flexibility index (Phi) is 2.71. The van der Waals surface area contributed by atoms with Gasteiger partial charge in [-0.1, -0.05) is 33.2 Å². The second kappa shape index (κ2) is 3.90. The number of carbonyl (C=O) groups is 1. The molecule has 2 rings (SSSR count). The number of aliphatic carboxylic acids is 1. The highest BCUT2D eigenvalue weighted by Gasteiger charge is 2.42. The largest absolute Gasteiger partial charge is 0.478 e. The molecule has 4 nitrogen and oxygen atoms in total. The number of rotatable bonds is 2. The van der Waals surface area contributed by atoms with E-state index in [1.54, 1.807) is 0 Å². The zero-order valence-electron chi connectivity index (χ0n) is 8.61. The van der Waals surface area contributed by atoms with Crippen molar-refractivity contribution in [3.8, 4) is 0 Å². The first-order valence-electron chi connectivity index (χ1n) is 4.76. The molecule has 0 spiro atoms. The summed E-state index contributed by atoms with van der Waals surface area (Å²) in [6.07, 6.45) is 0.277. The predicted molar refractivity (Wildman–Crippen MR) is 62.4 cm³/mol. The van der Waals surface area contributed by atoms with Gasteiger partial charge in [-0.2, -0.15) is 0 Å². The predicted octanol–water partition coefficient (Wildman–Crippen LogP) is 2.42. The summed E-state index contributed by atoms with van der Waals surface area (Å²) in [5, 5.41) is 12.8. The molecule has 1 atom stereocenters. The van der Waals surface area contributed by atoms with Gasteiger partial charge in [-0.25, -0.2) is 4.79 Å². The number of benzene rings is 1. The van der Waals surface area contributed by atoms with Crippen LogP contribution in [0.25, 0.3) is 0 Å². The maximum atomic E-state index is 11.0. The monoisotopic (exact) mass is 283 g/mol. The Labute approximate surface area is 101 Å². The first-order chi connectivity index (χ1) is 7.51. The first-order valence-corrected chi connectivity index (χ1v) is 5.55. The maximum absolute atomic E-state index is 11.0. The van der Waals surface area contributed by atoms with Crippen LogP contribution in [0.15, 0.2) is 33.9 Å². The Hall–Kier alpha value is -1.36.